The number of halogens is 5. The maximum atomic E-state index is 13.5. The van der Waals surface area contributed by atoms with Gasteiger partial charge in [0.15, 0.2) is 33.1 Å². The van der Waals surface area contributed by atoms with Crippen LogP contribution in [0.15, 0.2) is 34.3 Å². The molecule has 4 nitrogen and oxygen atoms in total. The first-order chi connectivity index (χ1) is 11.5. The molecule has 2 aromatic rings. The summed E-state index contributed by atoms with van der Waals surface area (Å²) in [6.07, 6.45) is 1.02. The molecule has 0 amide bonds. The number of sulfone groups is 1. The van der Waals surface area contributed by atoms with E-state index in [9.17, 15) is 30.4 Å². The fourth-order valence-corrected chi connectivity index (χ4v) is 2.48. The molecule has 0 aliphatic rings. The van der Waals surface area contributed by atoms with E-state index in [1.807, 2.05) is 0 Å². The van der Waals surface area contributed by atoms with Gasteiger partial charge in [-0.2, -0.15) is 5.10 Å². The summed E-state index contributed by atoms with van der Waals surface area (Å²) in [5.74, 6) is -10.5. The van der Waals surface area contributed by atoms with Crippen LogP contribution in [0.25, 0.3) is 0 Å². The number of benzene rings is 2. The second-order valence-electron chi connectivity index (χ2n) is 5.05. The van der Waals surface area contributed by atoms with E-state index in [0.717, 1.165) is 6.26 Å². The fraction of sp³-hybridized carbons (Fsp3) is 0.133. The summed E-state index contributed by atoms with van der Waals surface area (Å²) in [7, 11) is -3.40. The molecule has 2 rings (SSSR count). The molecule has 0 heterocycles. The third-order valence-electron chi connectivity index (χ3n) is 3.25. The van der Waals surface area contributed by atoms with Crippen molar-refractivity contribution >= 4 is 21.2 Å². The molecule has 10 heteroatoms. The molecule has 2 aromatic carbocycles. The highest BCUT2D eigenvalue weighted by Gasteiger charge is 2.25. The normalized spacial score (nSPS) is 12.4. The van der Waals surface area contributed by atoms with Gasteiger partial charge in [-0.05, 0) is 24.6 Å². The molecule has 0 unspecified atom stereocenters. The van der Waals surface area contributed by atoms with Gasteiger partial charge in [-0.15, -0.1) is 0 Å². The van der Waals surface area contributed by atoms with Gasteiger partial charge in [0.2, 0.25) is 5.82 Å². The van der Waals surface area contributed by atoms with Crippen LogP contribution in [0.1, 0.15) is 12.5 Å². The Kier molecular flexibility index (Phi) is 5.12. The van der Waals surface area contributed by atoms with Gasteiger partial charge in [0, 0.05) is 6.26 Å². The van der Waals surface area contributed by atoms with Crippen LogP contribution in [0.4, 0.5) is 27.6 Å². The number of hydrogen-bond donors (Lipinski definition) is 1. The summed E-state index contributed by atoms with van der Waals surface area (Å²) in [6, 6.07) is 5.36. The zero-order valence-electron chi connectivity index (χ0n) is 12.9. The van der Waals surface area contributed by atoms with Crippen molar-refractivity contribution in [3.8, 4) is 0 Å². The Morgan fingerprint density at radius 1 is 0.880 bits per heavy atom. The van der Waals surface area contributed by atoms with Gasteiger partial charge >= 0.3 is 0 Å². The van der Waals surface area contributed by atoms with Crippen molar-refractivity contribution < 1.29 is 30.4 Å². The number of hydrogen-bond acceptors (Lipinski definition) is 4. The van der Waals surface area contributed by atoms with E-state index in [2.05, 4.69) is 5.10 Å². The van der Waals surface area contributed by atoms with Crippen molar-refractivity contribution in [2.24, 2.45) is 5.10 Å². The molecule has 0 aliphatic heterocycles. The van der Waals surface area contributed by atoms with Gasteiger partial charge in [0.1, 0.15) is 5.69 Å². The average molecular weight is 378 g/mol. The predicted molar refractivity (Wildman–Crippen MR) is 81.6 cm³/mol. The minimum Gasteiger partial charge on any atom is -0.272 e. The molecule has 134 valence electrons. The molecule has 0 spiro atoms. The number of hydrazone groups is 1. The molecule has 0 radical (unpaired) electrons. The molecule has 0 fully saturated rings. The van der Waals surface area contributed by atoms with Gasteiger partial charge in [-0.25, -0.2) is 30.4 Å². The highest BCUT2D eigenvalue weighted by Crippen LogP contribution is 2.27. The van der Waals surface area contributed by atoms with Crippen LogP contribution in [0.3, 0.4) is 0 Å². The van der Waals surface area contributed by atoms with Crippen LogP contribution in [0.5, 0.6) is 0 Å². The Labute approximate surface area is 139 Å². The van der Waals surface area contributed by atoms with E-state index in [1.54, 1.807) is 5.43 Å². The third kappa shape index (κ3) is 3.78. The summed E-state index contributed by atoms with van der Waals surface area (Å²) >= 11 is 0. The zero-order chi connectivity index (χ0) is 18.9. The minimum atomic E-state index is -3.40. The molecular weight excluding hydrogens is 367 g/mol. The van der Waals surface area contributed by atoms with E-state index >= 15 is 0 Å². The van der Waals surface area contributed by atoms with Crippen molar-refractivity contribution in [1.29, 1.82) is 0 Å². The maximum absolute atomic E-state index is 13.5. The Morgan fingerprint density at radius 3 is 1.76 bits per heavy atom. The van der Waals surface area contributed by atoms with Gasteiger partial charge in [0.25, 0.3) is 0 Å². The van der Waals surface area contributed by atoms with Gasteiger partial charge < -0.3 is 0 Å². The first-order valence-corrected chi connectivity index (χ1v) is 8.55. The molecule has 25 heavy (non-hydrogen) atoms. The van der Waals surface area contributed by atoms with Crippen molar-refractivity contribution in [1.82, 2.24) is 0 Å². The number of anilines is 1. The van der Waals surface area contributed by atoms with E-state index in [0.29, 0.717) is 5.56 Å². The smallest absolute Gasteiger partial charge is 0.200 e. The first-order valence-electron chi connectivity index (χ1n) is 6.66. The van der Waals surface area contributed by atoms with E-state index in [4.69, 9.17) is 0 Å². The highest BCUT2D eigenvalue weighted by atomic mass is 32.2. The molecule has 0 bridgehead atoms. The lowest BCUT2D eigenvalue weighted by Gasteiger charge is -2.08. The van der Waals surface area contributed by atoms with Crippen LogP contribution in [-0.4, -0.2) is 20.4 Å². The van der Waals surface area contributed by atoms with Gasteiger partial charge in [0.05, 0.1) is 10.6 Å². The Hall–Kier alpha value is -2.49. The largest absolute Gasteiger partial charge is 0.272 e. The molecule has 0 aliphatic carbocycles. The molecule has 0 aromatic heterocycles. The van der Waals surface area contributed by atoms with Crippen LogP contribution >= 0.6 is 0 Å². The third-order valence-corrected chi connectivity index (χ3v) is 4.37. The molecule has 0 saturated carbocycles. The first kappa shape index (κ1) is 18.8. The lowest BCUT2D eigenvalue weighted by molar-refractivity contribution is 0.381. The second kappa shape index (κ2) is 6.79. The molecule has 0 saturated heterocycles. The van der Waals surface area contributed by atoms with E-state index in [-0.39, 0.29) is 10.6 Å². The van der Waals surface area contributed by atoms with Crippen molar-refractivity contribution in [2.75, 3.05) is 11.7 Å². The number of rotatable bonds is 4. The minimum absolute atomic E-state index is 0.0526. The summed E-state index contributed by atoms with van der Waals surface area (Å²) in [5, 5.41) is 3.57. The Balaban J connectivity index is 2.34. The van der Waals surface area contributed by atoms with E-state index < -0.39 is 44.6 Å². The van der Waals surface area contributed by atoms with Crippen molar-refractivity contribution in [2.45, 2.75) is 11.8 Å². The van der Waals surface area contributed by atoms with Crippen LogP contribution in [-0.2, 0) is 9.84 Å². The van der Waals surface area contributed by atoms with Crippen LogP contribution in [0, 0.1) is 29.1 Å². The predicted octanol–water partition coefficient (Wildman–Crippen LogP) is 3.62. The molecule has 0 atom stereocenters. The maximum Gasteiger partial charge on any atom is 0.200 e. The average Bonchev–Trinajstić information content (AvgIpc) is 2.57. The summed E-state index contributed by atoms with van der Waals surface area (Å²) in [5.41, 5.74) is 1.03. The monoisotopic (exact) mass is 378 g/mol. The summed E-state index contributed by atoms with van der Waals surface area (Å²) in [4.78, 5) is 0.0526. The van der Waals surface area contributed by atoms with Crippen LogP contribution in [0.2, 0.25) is 0 Å². The molecule has 1 N–H and O–H groups in total. The number of nitrogens with zero attached hydrogens (tertiary/aromatic N) is 1. The van der Waals surface area contributed by atoms with Crippen LogP contribution < -0.4 is 5.43 Å². The second-order valence-corrected chi connectivity index (χ2v) is 7.07. The van der Waals surface area contributed by atoms with Gasteiger partial charge in [-0.3, -0.25) is 5.43 Å². The fourth-order valence-electron chi connectivity index (χ4n) is 1.85. The quantitative estimate of drug-likeness (QED) is 0.291. The van der Waals surface area contributed by atoms with Crippen molar-refractivity contribution in [3.63, 3.8) is 0 Å². The summed E-state index contributed by atoms with van der Waals surface area (Å²) in [6.45, 7) is 1.40. The van der Waals surface area contributed by atoms with Gasteiger partial charge in [-0.1, -0.05) is 12.1 Å². The van der Waals surface area contributed by atoms with E-state index in [1.165, 1.54) is 31.2 Å². The van der Waals surface area contributed by atoms with Crippen molar-refractivity contribution in [3.05, 3.63) is 58.9 Å². The standard InChI is InChI=1S/C15H11F5N2O2S/c1-7(8-3-5-9(6-4-8)25(2,23)24)21-22-15-13(19)11(17)10(16)12(18)14(15)20/h3-6,22H,1-2H3/b21-7-. The number of nitrogens with one attached hydrogen (secondary N) is 1. The SMILES string of the molecule is C/C(=N/Nc1c(F)c(F)c(F)c(F)c1F)c1ccc(S(C)(=O)=O)cc1. The zero-order valence-corrected chi connectivity index (χ0v) is 13.7. The summed E-state index contributed by atoms with van der Waals surface area (Å²) < 4.78 is 88.9. The topological polar surface area (TPSA) is 58.5 Å². The molecular formula is C15H11F5N2O2S. The lowest BCUT2D eigenvalue weighted by atomic mass is 10.1. The highest BCUT2D eigenvalue weighted by molar-refractivity contribution is 7.90. The lowest BCUT2D eigenvalue weighted by Crippen LogP contribution is -2.08. The Morgan fingerprint density at radius 2 is 1.32 bits per heavy atom. The Bertz CT molecular complexity index is 928.